The summed E-state index contributed by atoms with van der Waals surface area (Å²) in [6.45, 7) is 4.00. The van der Waals surface area contributed by atoms with Gasteiger partial charge >= 0.3 is 0 Å². The predicted octanol–water partition coefficient (Wildman–Crippen LogP) is 5.68. The molecule has 1 aliphatic rings. The molecular weight excluding hydrogens is 464 g/mol. The smallest absolute Gasteiger partial charge is 0.265 e. The zero-order valence-corrected chi connectivity index (χ0v) is 18.9. The van der Waals surface area contributed by atoms with Crippen molar-refractivity contribution < 1.29 is 13.2 Å². The van der Waals surface area contributed by atoms with Crippen molar-refractivity contribution in [3.8, 4) is 5.75 Å². The lowest BCUT2D eigenvalue weighted by Crippen LogP contribution is -2.26. The molecule has 0 unspecified atom stereocenters. The van der Waals surface area contributed by atoms with Gasteiger partial charge in [-0.05, 0) is 56.2 Å². The van der Waals surface area contributed by atoms with Gasteiger partial charge in [-0.15, -0.1) is 0 Å². The van der Waals surface area contributed by atoms with Crippen LogP contribution in [0.4, 0.5) is 11.4 Å². The normalized spacial score (nSPS) is 15.2. The van der Waals surface area contributed by atoms with Crippen molar-refractivity contribution >= 4 is 48.9 Å². The number of hydrogen-bond donors (Lipinski definition) is 1. The molecule has 3 rings (SSSR count). The Morgan fingerprint density at radius 1 is 1.11 bits per heavy atom. The number of ether oxygens (including phenoxy) is 1. The maximum Gasteiger partial charge on any atom is 0.265 e. The molecule has 0 spiro atoms. The fourth-order valence-corrected chi connectivity index (χ4v) is 5.27. The van der Waals surface area contributed by atoms with Gasteiger partial charge in [0.15, 0.2) is 0 Å². The largest absolute Gasteiger partial charge is 0.492 e. The quantitative estimate of drug-likeness (QED) is 0.569. The molecule has 0 radical (unpaired) electrons. The monoisotopic (exact) mass is 486 g/mol. The van der Waals surface area contributed by atoms with E-state index in [2.05, 4.69) is 25.6 Å². The fourth-order valence-electron chi connectivity index (χ4n) is 3.34. The molecule has 5 nitrogen and oxygen atoms in total. The van der Waals surface area contributed by atoms with Gasteiger partial charge in [0, 0.05) is 22.6 Å². The van der Waals surface area contributed by atoms with Crippen LogP contribution in [0.2, 0.25) is 5.02 Å². The molecule has 0 atom stereocenters. The van der Waals surface area contributed by atoms with Crippen LogP contribution in [0.1, 0.15) is 32.6 Å². The number of benzene rings is 2. The molecule has 0 saturated carbocycles. The lowest BCUT2D eigenvalue weighted by molar-refractivity contribution is 0.331. The number of nitrogens with one attached hydrogen (secondary N) is 1. The first-order valence-corrected chi connectivity index (χ1v) is 12.1. The third kappa shape index (κ3) is 5.13. The van der Waals surface area contributed by atoms with E-state index in [0.29, 0.717) is 27.5 Å². The number of halogens is 2. The van der Waals surface area contributed by atoms with Gasteiger partial charge in [0.1, 0.15) is 10.6 Å². The highest BCUT2D eigenvalue weighted by Crippen LogP contribution is 2.35. The highest BCUT2D eigenvalue weighted by Gasteiger charge is 2.23. The number of hydrogen-bond acceptors (Lipinski definition) is 4. The maximum absolute atomic E-state index is 13.2. The molecule has 8 heteroatoms. The Hall–Kier alpha value is -1.44. The first-order chi connectivity index (χ1) is 13.4. The molecule has 1 N–H and O–H groups in total. The van der Waals surface area contributed by atoms with E-state index < -0.39 is 10.0 Å². The Labute approximate surface area is 180 Å². The van der Waals surface area contributed by atoms with Crippen LogP contribution in [0.15, 0.2) is 45.8 Å². The first-order valence-electron chi connectivity index (χ1n) is 9.40. The topological polar surface area (TPSA) is 58.6 Å². The molecular formula is C20H24BrClN2O3S. The fraction of sp³-hybridized carbons (Fsp3) is 0.400. The SMILES string of the molecule is CCOc1ccc(Br)cc1S(=O)(=O)Nc1cc(Cl)ccc1N1CCCCCC1. The number of rotatable bonds is 6. The van der Waals surface area contributed by atoms with Crippen LogP contribution in [0, 0.1) is 0 Å². The van der Waals surface area contributed by atoms with Crippen molar-refractivity contribution in [2.24, 2.45) is 0 Å². The van der Waals surface area contributed by atoms with Gasteiger partial charge in [0.2, 0.25) is 0 Å². The van der Waals surface area contributed by atoms with Gasteiger partial charge in [-0.25, -0.2) is 8.42 Å². The molecule has 28 heavy (non-hydrogen) atoms. The summed E-state index contributed by atoms with van der Waals surface area (Å²) in [7, 11) is -3.87. The van der Waals surface area contributed by atoms with Crippen LogP contribution in [-0.4, -0.2) is 28.1 Å². The third-order valence-electron chi connectivity index (χ3n) is 4.64. The molecule has 0 amide bonds. The zero-order valence-electron chi connectivity index (χ0n) is 15.7. The Morgan fingerprint density at radius 2 is 1.82 bits per heavy atom. The minimum Gasteiger partial charge on any atom is -0.492 e. The maximum atomic E-state index is 13.2. The van der Waals surface area contributed by atoms with Crippen molar-refractivity contribution in [3.63, 3.8) is 0 Å². The highest BCUT2D eigenvalue weighted by molar-refractivity contribution is 9.10. The first kappa shape index (κ1) is 21.3. The van der Waals surface area contributed by atoms with Crippen molar-refractivity contribution in [3.05, 3.63) is 45.9 Å². The van der Waals surface area contributed by atoms with Gasteiger partial charge in [-0.1, -0.05) is 40.4 Å². The lowest BCUT2D eigenvalue weighted by Gasteiger charge is -2.26. The summed E-state index contributed by atoms with van der Waals surface area (Å²) in [6, 6.07) is 10.3. The van der Waals surface area contributed by atoms with E-state index in [-0.39, 0.29) is 4.90 Å². The molecule has 2 aromatic carbocycles. The van der Waals surface area contributed by atoms with Crippen molar-refractivity contribution in [2.75, 3.05) is 29.3 Å². The third-order valence-corrected chi connectivity index (χ3v) is 6.76. The molecule has 0 aromatic heterocycles. The Kier molecular flexibility index (Phi) is 7.12. The summed E-state index contributed by atoms with van der Waals surface area (Å²) in [5.74, 6) is 0.316. The standard InChI is InChI=1S/C20H24BrClN2O3S/c1-2-27-19-10-7-15(21)13-20(19)28(25,26)23-17-14-16(22)8-9-18(17)24-11-5-3-4-6-12-24/h7-10,13-14,23H,2-6,11-12H2,1H3. The molecule has 1 saturated heterocycles. The van der Waals surface area contributed by atoms with Gasteiger partial charge < -0.3 is 9.64 Å². The summed E-state index contributed by atoms with van der Waals surface area (Å²) in [5.41, 5.74) is 1.33. The van der Waals surface area contributed by atoms with Gasteiger partial charge in [0.05, 0.1) is 18.0 Å². The molecule has 152 valence electrons. The van der Waals surface area contributed by atoms with Crippen LogP contribution in [0.3, 0.4) is 0 Å². The summed E-state index contributed by atoms with van der Waals surface area (Å²) in [4.78, 5) is 2.32. The van der Waals surface area contributed by atoms with E-state index >= 15 is 0 Å². The molecule has 0 aliphatic carbocycles. The molecule has 2 aromatic rings. The second-order valence-electron chi connectivity index (χ2n) is 6.69. The summed E-state index contributed by atoms with van der Waals surface area (Å²) in [6.07, 6.45) is 4.58. The van der Waals surface area contributed by atoms with Crippen LogP contribution < -0.4 is 14.4 Å². The number of nitrogens with zero attached hydrogens (tertiary/aromatic N) is 1. The van der Waals surface area contributed by atoms with Crippen LogP contribution in [0.25, 0.3) is 0 Å². The van der Waals surface area contributed by atoms with Crippen molar-refractivity contribution in [2.45, 2.75) is 37.5 Å². The minimum absolute atomic E-state index is 0.0884. The van der Waals surface area contributed by atoms with E-state index in [1.165, 1.54) is 12.8 Å². The highest BCUT2D eigenvalue weighted by atomic mass is 79.9. The summed E-state index contributed by atoms with van der Waals surface area (Å²) < 4.78 is 35.3. The Balaban J connectivity index is 1.99. The van der Waals surface area contributed by atoms with E-state index in [4.69, 9.17) is 16.3 Å². The van der Waals surface area contributed by atoms with Crippen LogP contribution >= 0.6 is 27.5 Å². The van der Waals surface area contributed by atoms with E-state index in [0.717, 1.165) is 31.6 Å². The molecule has 1 heterocycles. The average Bonchev–Trinajstić information content (AvgIpc) is 2.92. The number of anilines is 2. The van der Waals surface area contributed by atoms with E-state index in [1.54, 1.807) is 30.3 Å². The Morgan fingerprint density at radius 3 is 2.50 bits per heavy atom. The number of sulfonamides is 1. The molecule has 1 aliphatic heterocycles. The predicted molar refractivity (Wildman–Crippen MR) is 118 cm³/mol. The summed E-state index contributed by atoms with van der Waals surface area (Å²) in [5, 5.41) is 0.482. The molecule has 1 fully saturated rings. The average molecular weight is 488 g/mol. The van der Waals surface area contributed by atoms with Gasteiger partial charge in [-0.2, -0.15) is 0 Å². The van der Waals surface area contributed by atoms with Crippen LogP contribution in [-0.2, 0) is 10.0 Å². The Bertz CT molecular complexity index is 929. The molecule has 0 bridgehead atoms. The van der Waals surface area contributed by atoms with Gasteiger partial charge in [0.25, 0.3) is 10.0 Å². The van der Waals surface area contributed by atoms with Gasteiger partial charge in [-0.3, -0.25) is 4.72 Å². The van der Waals surface area contributed by atoms with E-state index in [1.807, 2.05) is 13.0 Å². The zero-order chi connectivity index (χ0) is 20.1. The second kappa shape index (κ2) is 9.37. The van der Waals surface area contributed by atoms with Crippen molar-refractivity contribution in [1.29, 1.82) is 0 Å². The van der Waals surface area contributed by atoms with Crippen molar-refractivity contribution in [1.82, 2.24) is 0 Å². The second-order valence-corrected chi connectivity index (χ2v) is 9.70. The van der Waals surface area contributed by atoms with Crippen LogP contribution in [0.5, 0.6) is 5.75 Å². The van der Waals surface area contributed by atoms with E-state index in [9.17, 15) is 8.42 Å². The minimum atomic E-state index is -3.87. The summed E-state index contributed by atoms with van der Waals surface area (Å²) >= 11 is 9.53. The lowest BCUT2D eigenvalue weighted by atomic mass is 10.2.